The number of likely N-dealkylation sites (N-methyl/N-ethyl adjacent to an activating group) is 1. The fourth-order valence-corrected chi connectivity index (χ4v) is 8.99. The average molecular weight is 719 g/mol. The molecule has 51 heavy (non-hydrogen) atoms. The Morgan fingerprint density at radius 2 is 1.90 bits per heavy atom. The van der Waals surface area contributed by atoms with Crippen LogP contribution < -0.4 is 0 Å². The third-order valence-electron chi connectivity index (χ3n) is 11.0. The van der Waals surface area contributed by atoms with Crippen molar-refractivity contribution < 1.29 is 18.6 Å². The van der Waals surface area contributed by atoms with Gasteiger partial charge in [0.25, 0.3) is 0 Å². The number of nitriles is 1. The number of likely N-dealkylation sites (tertiary alicyclic amines) is 1. The lowest BCUT2D eigenvalue weighted by Gasteiger charge is -2.36. The second kappa shape index (κ2) is 15.6. The number of hydrogen-bond donors (Lipinski definition) is 1. The fourth-order valence-electron chi connectivity index (χ4n) is 7.81. The van der Waals surface area contributed by atoms with Crippen LogP contribution in [-0.2, 0) is 4.74 Å². The molecule has 0 amide bonds. The Hall–Kier alpha value is -3.48. The van der Waals surface area contributed by atoms with Crippen LogP contribution in [0.25, 0.3) is 15.7 Å². The molecule has 1 saturated heterocycles. The zero-order valence-corrected chi connectivity index (χ0v) is 33.0. The van der Waals surface area contributed by atoms with Crippen LogP contribution >= 0.6 is 11.3 Å². The van der Waals surface area contributed by atoms with Crippen LogP contribution in [0.1, 0.15) is 116 Å². The van der Waals surface area contributed by atoms with Crippen molar-refractivity contribution in [1.82, 2.24) is 9.80 Å². The van der Waals surface area contributed by atoms with Gasteiger partial charge >= 0.3 is 0 Å². The van der Waals surface area contributed by atoms with Crippen molar-refractivity contribution in [2.75, 3.05) is 27.2 Å². The van der Waals surface area contributed by atoms with Gasteiger partial charge < -0.3 is 14.7 Å². The molecule has 1 aliphatic heterocycles. The standard InChI is InChI=1S/C42H56F2N4O2S/c1-11-12-35(50-22-28-20-42(17-18-42)23-47(28)9)46-39-30(27(8)48(10)33(25(4)5)16-13-24(2)3)19-34(49)37(38(39)44)29-14-15-32(43)41-36(29)31(21-45)40(51-41)26(6)7/h12,14-15,19,24-26,28,33,49H,11,13,16-18,20,22-23H2,1-10H3/b30-27+,35-12-,46-39+. The molecule has 5 rings (SSSR count). The first-order valence-electron chi connectivity index (χ1n) is 18.6. The highest BCUT2D eigenvalue weighted by Crippen LogP contribution is 2.54. The average Bonchev–Trinajstić information content (AvgIpc) is 3.57. The van der Waals surface area contributed by atoms with Gasteiger partial charge in [-0.2, -0.15) is 5.26 Å². The van der Waals surface area contributed by atoms with Gasteiger partial charge in [-0.1, -0.05) is 54.5 Å². The summed E-state index contributed by atoms with van der Waals surface area (Å²) in [6, 6.07) is 5.43. The minimum atomic E-state index is -0.740. The Morgan fingerprint density at radius 3 is 2.47 bits per heavy atom. The molecule has 2 aliphatic carbocycles. The van der Waals surface area contributed by atoms with E-state index in [1.54, 1.807) is 6.08 Å². The number of thiophene rings is 1. The van der Waals surface area contributed by atoms with E-state index < -0.39 is 11.6 Å². The van der Waals surface area contributed by atoms with Gasteiger partial charge in [-0.25, -0.2) is 13.8 Å². The van der Waals surface area contributed by atoms with E-state index in [9.17, 15) is 10.4 Å². The summed E-state index contributed by atoms with van der Waals surface area (Å²) < 4.78 is 39.5. The topological polar surface area (TPSA) is 72.1 Å². The van der Waals surface area contributed by atoms with Crippen molar-refractivity contribution in [3.63, 3.8) is 0 Å². The van der Waals surface area contributed by atoms with Crippen molar-refractivity contribution in [3.05, 3.63) is 74.8 Å². The largest absolute Gasteiger partial charge is 0.507 e. The molecule has 1 spiro atoms. The lowest BCUT2D eigenvalue weighted by atomic mass is 9.88. The molecule has 1 saturated carbocycles. The van der Waals surface area contributed by atoms with Crippen LogP contribution in [0, 0.1) is 34.4 Å². The summed E-state index contributed by atoms with van der Waals surface area (Å²) in [7, 11) is 4.16. The summed E-state index contributed by atoms with van der Waals surface area (Å²) in [5.74, 6) is -0.369. The number of aliphatic hydroxyl groups is 1. The van der Waals surface area contributed by atoms with Crippen molar-refractivity contribution in [3.8, 4) is 6.07 Å². The molecule has 1 aromatic heterocycles. The number of aliphatic imine (C=N–C) groups is 1. The summed E-state index contributed by atoms with van der Waals surface area (Å²) in [6.45, 7) is 18.2. The van der Waals surface area contributed by atoms with Crippen molar-refractivity contribution in [1.29, 1.82) is 5.26 Å². The van der Waals surface area contributed by atoms with Crippen LogP contribution in [0.15, 0.2) is 58.0 Å². The summed E-state index contributed by atoms with van der Waals surface area (Å²) in [5, 5.41) is 22.3. The molecule has 9 heteroatoms. The van der Waals surface area contributed by atoms with Gasteiger partial charge in [0, 0.05) is 47.2 Å². The quantitative estimate of drug-likeness (QED) is 0.209. The third kappa shape index (κ3) is 7.98. The number of benzene rings is 1. The molecule has 2 atom stereocenters. The Bertz CT molecular complexity index is 1840. The van der Waals surface area contributed by atoms with E-state index in [-0.39, 0.29) is 45.3 Å². The molecular formula is C42H56F2N4O2S. The molecule has 2 heterocycles. The van der Waals surface area contributed by atoms with E-state index in [0.717, 1.165) is 36.4 Å². The first-order chi connectivity index (χ1) is 24.1. The van der Waals surface area contributed by atoms with Crippen molar-refractivity contribution in [2.24, 2.45) is 22.2 Å². The van der Waals surface area contributed by atoms with Gasteiger partial charge in [-0.05, 0) is 99.4 Å². The van der Waals surface area contributed by atoms with Gasteiger partial charge in [-0.3, -0.25) is 4.90 Å². The van der Waals surface area contributed by atoms with Crippen LogP contribution in [0.4, 0.5) is 8.78 Å². The maximum Gasteiger partial charge on any atom is 0.209 e. The smallest absolute Gasteiger partial charge is 0.209 e. The van der Waals surface area contributed by atoms with E-state index in [2.05, 4.69) is 50.6 Å². The second-order valence-electron chi connectivity index (χ2n) is 16.0. The molecule has 2 fully saturated rings. The summed E-state index contributed by atoms with van der Waals surface area (Å²) in [6.07, 6.45) is 9.68. The number of ether oxygens (including phenoxy) is 1. The Morgan fingerprint density at radius 1 is 1.20 bits per heavy atom. The Balaban J connectivity index is 1.68. The van der Waals surface area contributed by atoms with E-state index in [0.29, 0.717) is 52.7 Å². The van der Waals surface area contributed by atoms with E-state index in [1.165, 1.54) is 36.3 Å². The molecule has 2 aromatic rings. The minimum Gasteiger partial charge on any atom is -0.507 e. The molecular weight excluding hydrogens is 663 g/mol. The highest BCUT2D eigenvalue weighted by atomic mass is 32.1. The molecule has 0 bridgehead atoms. The second-order valence-corrected chi connectivity index (χ2v) is 17.1. The SMILES string of the molecule is CC/C=C(/N=C1/C(F)=C(c2ccc(F)c3sc(C(C)C)c(C#N)c23)C(O)=C/C1=C(/C)N(C)C(CCC(C)C)C(C)C)OCC1CC2(CC2)CN1C. The number of allylic oxidation sites excluding steroid dienone is 6. The molecule has 3 aliphatic rings. The summed E-state index contributed by atoms with van der Waals surface area (Å²) in [4.78, 5) is 10.2. The maximum atomic E-state index is 17.5. The first kappa shape index (κ1) is 38.7. The highest BCUT2D eigenvalue weighted by Gasteiger charge is 2.50. The predicted molar refractivity (Wildman–Crippen MR) is 207 cm³/mol. The maximum absolute atomic E-state index is 17.5. The van der Waals surface area contributed by atoms with Gasteiger partial charge in [0.05, 0.1) is 15.8 Å². The Labute approximate surface area is 307 Å². The number of aliphatic hydroxyl groups excluding tert-OH is 1. The predicted octanol–water partition coefficient (Wildman–Crippen LogP) is 11.0. The summed E-state index contributed by atoms with van der Waals surface area (Å²) in [5.41, 5.74) is 2.15. The number of rotatable bonds is 13. The minimum absolute atomic E-state index is 0.0411. The van der Waals surface area contributed by atoms with E-state index in [1.807, 2.05) is 40.8 Å². The van der Waals surface area contributed by atoms with Crippen molar-refractivity contribution in [2.45, 2.75) is 112 Å². The number of fused-ring (bicyclic) bond motifs is 1. The lowest BCUT2D eigenvalue weighted by Crippen LogP contribution is -2.36. The Kier molecular flexibility index (Phi) is 11.9. The van der Waals surface area contributed by atoms with Crippen LogP contribution in [0.3, 0.4) is 0 Å². The normalized spacial score (nSPS) is 21.8. The van der Waals surface area contributed by atoms with Gasteiger partial charge in [0.1, 0.15) is 30.0 Å². The van der Waals surface area contributed by atoms with Crippen LogP contribution in [0.2, 0.25) is 0 Å². The van der Waals surface area contributed by atoms with Gasteiger partial charge in [0.15, 0.2) is 5.83 Å². The van der Waals surface area contributed by atoms with Crippen LogP contribution in [0.5, 0.6) is 0 Å². The third-order valence-corrected chi connectivity index (χ3v) is 12.5. The van der Waals surface area contributed by atoms with E-state index in [4.69, 9.17) is 9.73 Å². The molecule has 276 valence electrons. The lowest BCUT2D eigenvalue weighted by molar-refractivity contribution is 0.137. The van der Waals surface area contributed by atoms with Crippen molar-refractivity contribution >= 4 is 32.7 Å². The number of hydrogen-bond acceptors (Lipinski definition) is 7. The first-order valence-corrected chi connectivity index (χ1v) is 19.5. The molecule has 1 N–H and O–H groups in total. The van der Waals surface area contributed by atoms with Crippen LogP contribution in [-0.4, -0.2) is 59.9 Å². The van der Waals surface area contributed by atoms with E-state index >= 15 is 8.78 Å². The molecule has 2 unspecified atom stereocenters. The number of nitrogens with zero attached hydrogens (tertiary/aromatic N) is 4. The summed E-state index contributed by atoms with van der Waals surface area (Å²) >= 11 is 1.20. The fraction of sp³-hybridized carbons (Fsp3) is 0.571. The molecule has 0 radical (unpaired) electrons. The monoisotopic (exact) mass is 718 g/mol. The molecule has 6 nitrogen and oxygen atoms in total. The van der Waals surface area contributed by atoms with Gasteiger partial charge in [-0.15, -0.1) is 11.3 Å². The molecule has 1 aromatic carbocycles. The number of halogens is 2. The highest BCUT2D eigenvalue weighted by molar-refractivity contribution is 7.19. The zero-order valence-electron chi connectivity index (χ0n) is 32.2. The van der Waals surface area contributed by atoms with Gasteiger partial charge in [0.2, 0.25) is 5.88 Å². The zero-order chi connectivity index (χ0) is 37.4.